The number of rotatable bonds is 10. The minimum absolute atomic E-state index is 0.154. The van der Waals surface area contributed by atoms with Crippen molar-refractivity contribution >= 4 is 27.0 Å². The second kappa shape index (κ2) is 11.6. The van der Waals surface area contributed by atoms with E-state index in [0.717, 1.165) is 5.56 Å². The van der Waals surface area contributed by atoms with Crippen LogP contribution >= 0.6 is 0 Å². The van der Waals surface area contributed by atoms with Crippen molar-refractivity contribution < 1.29 is 36.1 Å². The van der Waals surface area contributed by atoms with Gasteiger partial charge in [0.05, 0.1) is 50.6 Å². The molecule has 0 aliphatic carbocycles. The average Bonchev–Trinajstić information content (AvgIpc) is 2.85. The molecule has 1 N–H and O–H groups in total. The van der Waals surface area contributed by atoms with Gasteiger partial charge in [0.15, 0.2) is 0 Å². The second-order valence-electron chi connectivity index (χ2n) is 7.78. The van der Waals surface area contributed by atoms with Crippen LogP contribution in [0.25, 0.3) is 17.2 Å². The Morgan fingerprint density at radius 3 is 2.03 bits per heavy atom. The van der Waals surface area contributed by atoms with Gasteiger partial charge in [0.1, 0.15) is 27.9 Å². The van der Waals surface area contributed by atoms with Gasteiger partial charge in [0.2, 0.25) is 0 Å². The molecule has 0 aliphatic rings. The summed E-state index contributed by atoms with van der Waals surface area (Å²) >= 11 is 0. The summed E-state index contributed by atoms with van der Waals surface area (Å²) in [5.41, 5.74) is 2.86. The molecule has 0 aliphatic heterocycles. The van der Waals surface area contributed by atoms with E-state index >= 15 is 0 Å². The molecule has 0 radical (unpaired) electrons. The van der Waals surface area contributed by atoms with Crippen LogP contribution in [0.15, 0.2) is 58.8 Å². The third-order valence-electron chi connectivity index (χ3n) is 5.42. The van der Waals surface area contributed by atoms with Crippen LogP contribution in [0.5, 0.6) is 23.0 Å². The molecule has 1 atom stereocenters. The summed E-state index contributed by atoms with van der Waals surface area (Å²) in [5.74, 6) is 2.14. The van der Waals surface area contributed by atoms with E-state index < -0.39 is 20.9 Å². The smallest absolute Gasteiger partial charge is 0.295 e. The third-order valence-corrected chi connectivity index (χ3v) is 7.38. The Kier molecular flexibility index (Phi) is 8.78. The van der Waals surface area contributed by atoms with E-state index in [0.29, 0.717) is 45.3 Å². The third kappa shape index (κ3) is 6.26. The molecule has 0 aromatic heterocycles. The summed E-state index contributed by atoms with van der Waals surface area (Å²) in [6.07, 6.45) is 1.66. The highest BCUT2D eigenvalue weighted by molar-refractivity contribution is 7.87. The van der Waals surface area contributed by atoms with Gasteiger partial charge in [-0.1, -0.05) is 17.7 Å². The fraction of sp³-hybridized carbons (Fsp3) is 0.231. The van der Waals surface area contributed by atoms with Crippen LogP contribution in [0.3, 0.4) is 0 Å². The lowest BCUT2D eigenvalue weighted by Crippen LogP contribution is -2.03. The van der Waals surface area contributed by atoms with E-state index in [1.165, 1.54) is 39.9 Å². The van der Waals surface area contributed by atoms with Crippen LogP contribution in [-0.4, -0.2) is 45.6 Å². The summed E-state index contributed by atoms with van der Waals surface area (Å²) in [4.78, 5) is -0.233. The fourth-order valence-corrected chi connectivity index (χ4v) is 5.27. The van der Waals surface area contributed by atoms with Crippen molar-refractivity contribution in [1.82, 2.24) is 0 Å². The molecule has 1 unspecified atom stereocenters. The standard InChI is InChI=1S/C26H28O8S2/c1-17-6-9-26(36(28,29)30)22(12-17)21-13-18(7-8-23(21)32-3)16-35(27)11-10-20-24(33-4)14-19(31-2)15-25(20)34-5/h6-15H,16H2,1-5H3,(H,28,29,30)/b11-10+. The zero-order valence-electron chi connectivity index (χ0n) is 20.6. The van der Waals surface area contributed by atoms with E-state index in [4.69, 9.17) is 18.9 Å². The van der Waals surface area contributed by atoms with Gasteiger partial charge in [0.25, 0.3) is 10.1 Å². The number of methoxy groups -OCH3 is 4. The molecular weight excluding hydrogens is 504 g/mol. The Labute approximate surface area is 213 Å². The van der Waals surface area contributed by atoms with Crippen molar-refractivity contribution in [3.05, 3.63) is 70.6 Å². The van der Waals surface area contributed by atoms with Crippen molar-refractivity contribution in [2.45, 2.75) is 17.6 Å². The summed E-state index contributed by atoms with van der Waals surface area (Å²) in [7, 11) is 0.145. The van der Waals surface area contributed by atoms with Crippen LogP contribution < -0.4 is 18.9 Å². The first-order valence-electron chi connectivity index (χ1n) is 10.7. The molecule has 0 bridgehead atoms. The maximum absolute atomic E-state index is 12.9. The first kappa shape index (κ1) is 27.3. The molecule has 8 nitrogen and oxygen atoms in total. The molecule has 3 aromatic rings. The normalized spacial score (nSPS) is 12.4. The number of hydrogen-bond donors (Lipinski definition) is 1. The van der Waals surface area contributed by atoms with Gasteiger partial charge >= 0.3 is 0 Å². The lowest BCUT2D eigenvalue weighted by molar-refractivity contribution is 0.374. The summed E-state index contributed by atoms with van der Waals surface area (Å²) < 4.78 is 68.2. The first-order valence-corrected chi connectivity index (χ1v) is 13.5. The molecule has 0 spiro atoms. The summed E-state index contributed by atoms with van der Waals surface area (Å²) in [6.45, 7) is 1.81. The Bertz CT molecular complexity index is 1390. The van der Waals surface area contributed by atoms with Gasteiger partial charge < -0.3 is 18.9 Å². The monoisotopic (exact) mass is 532 g/mol. The Morgan fingerprint density at radius 2 is 1.47 bits per heavy atom. The van der Waals surface area contributed by atoms with Crippen LogP contribution in [0, 0.1) is 6.92 Å². The average molecular weight is 533 g/mol. The van der Waals surface area contributed by atoms with Gasteiger partial charge in [-0.2, -0.15) is 8.42 Å². The largest absolute Gasteiger partial charge is 0.496 e. The molecular formula is C26H28O8S2. The molecule has 36 heavy (non-hydrogen) atoms. The highest BCUT2D eigenvalue weighted by Crippen LogP contribution is 2.37. The van der Waals surface area contributed by atoms with Crippen molar-refractivity contribution in [3.8, 4) is 34.1 Å². The van der Waals surface area contributed by atoms with E-state index in [-0.39, 0.29) is 10.6 Å². The second-order valence-corrected chi connectivity index (χ2v) is 10.5. The van der Waals surface area contributed by atoms with E-state index in [2.05, 4.69) is 0 Å². The van der Waals surface area contributed by atoms with Gasteiger partial charge in [-0.25, -0.2) is 0 Å². The predicted molar refractivity (Wildman–Crippen MR) is 140 cm³/mol. The minimum Gasteiger partial charge on any atom is -0.496 e. The quantitative estimate of drug-likeness (QED) is 0.369. The van der Waals surface area contributed by atoms with Gasteiger partial charge in [0, 0.05) is 28.7 Å². The highest BCUT2D eigenvalue weighted by Gasteiger charge is 2.20. The molecule has 0 amide bonds. The number of aryl methyl sites for hydroxylation is 1. The number of hydrogen-bond acceptors (Lipinski definition) is 7. The molecule has 10 heteroatoms. The van der Waals surface area contributed by atoms with Crippen molar-refractivity contribution in [3.63, 3.8) is 0 Å². The lowest BCUT2D eigenvalue weighted by Gasteiger charge is -2.14. The highest BCUT2D eigenvalue weighted by atomic mass is 32.2. The minimum atomic E-state index is -4.48. The topological polar surface area (TPSA) is 108 Å². The van der Waals surface area contributed by atoms with Crippen molar-refractivity contribution in [2.24, 2.45) is 0 Å². The van der Waals surface area contributed by atoms with E-state index in [1.54, 1.807) is 48.5 Å². The zero-order valence-corrected chi connectivity index (χ0v) is 22.2. The van der Waals surface area contributed by atoms with Crippen LogP contribution in [0.2, 0.25) is 0 Å². The lowest BCUT2D eigenvalue weighted by atomic mass is 10.0. The number of benzene rings is 3. The van der Waals surface area contributed by atoms with Crippen LogP contribution in [-0.2, 0) is 26.7 Å². The molecule has 0 saturated carbocycles. The van der Waals surface area contributed by atoms with Crippen LogP contribution in [0.1, 0.15) is 16.7 Å². The van der Waals surface area contributed by atoms with Gasteiger partial charge in [-0.15, -0.1) is 0 Å². The Morgan fingerprint density at radius 1 is 0.833 bits per heavy atom. The van der Waals surface area contributed by atoms with E-state index in [1.807, 2.05) is 6.92 Å². The molecule has 192 valence electrons. The Hall–Kier alpha value is -3.34. The molecule has 3 aromatic carbocycles. The molecule has 3 rings (SSSR count). The maximum Gasteiger partial charge on any atom is 0.295 e. The fourth-order valence-electron chi connectivity index (χ4n) is 3.69. The van der Waals surface area contributed by atoms with Crippen molar-refractivity contribution in [1.29, 1.82) is 0 Å². The predicted octanol–water partition coefficient (Wildman–Crippen LogP) is 4.86. The zero-order chi connectivity index (χ0) is 26.5. The summed E-state index contributed by atoms with van der Waals surface area (Å²) in [5, 5.41) is 1.53. The molecule has 0 saturated heterocycles. The van der Waals surface area contributed by atoms with Gasteiger partial charge in [-0.05, 0) is 42.8 Å². The van der Waals surface area contributed by atoms with Crippen molar-refractivity contribution in [2.75, 3.05) is 28.4 Å². The Balaban J connectivity index is 1.96. The molecule has 0 heterocycles. The van der Waals surface area contributed by atoms with E-state index in [9.17, 15) is 17.2 Å². The van der Waals surface area contributed by atoms with Gasteiger partial charge in [-0.3, -0.25) is 8.76 Å². The molecule has 0 fully saturated rings. The number of ether oxygens (including phenoxy) is 4. The summed E-state index contributed by atoms with van der Waals surface area (Å²) in [6, 6.07) is 13.2. The maximum atomic E-state index is 12.9. The first-order chi connectivity index (χ1) is 17.1. The SMILES string of the molecule is COc1cc(OC)c(/C=C/S(=O)Cc2ccc(OC)c(-c3cc(C)ccc3S(=O)(=O)O)c2)c(OC)c1. The van der Waals surface area contributed by atoms with Crippen LogP contribution in [0.4, 0.5) is 0 Å².